The molecule has 0 atom stereocenters. The first-order chi connectivity index (χ1) is 6.98. The second-order valence-electron chi connectivity index (χ2n) is 4.15. The highest BCUT2D eigenvalue weighted by Gasteiger charge is 2.09. The third-order valence-electron chi connectivity index (χ3n) is 2.10. The maximum Gasteiger partial charge on any atom is 0.211 e. The molecule has 0 saturated carbocycles. The van der Waals surface area contributed by atoms with E-state index in [9.17, 15) is 8.42 Å². The summed E-state index contributed by atoms with van der Waals surface area (Å²) in [6.45, 7) is 4.67. The van der Waals surface area contributed by atoms with Gasteiger partial charge < -0.3 is 0 Å². The van der Waals surface area contributed by atoms with Crippen molar-refractivity contribution in [3.8, 4) is 0 Å². The lowest BCUT2D eigenvalue weighted by molar-refractivity contribution is 0.558. The minimum atomic E-state index is -3.02. The van der Waals surface area contributed by atoms with Crippen LogP contribution in [0.1, 0.15) is 39.5 Å². The Bertz CT molecular complexity index is 240. The molecule has 0 amide bonds. The molecule has 0 aromatic heterocycles. The van der Waals surface area contributed by atoms with Crippen LogP contribution in [0, 0.1) is 5.92 Å². The molecule has 0 unspecified atom stereocenters. The van der Waals surface area contributed by atoms with Gasteiger partial charge in [-0.25, -0.2) is 13.1 Å². The highest BCUT2D eigenvalue weighted by atomic mass is 127. The van der Waals surface area contributed by atoms with Crippen LogP contribution in [0.15, 0.2) is 0 Å². The summed E-state index contributed by atoms with van der Waals surface area (Å²) >= 11 is 2.34. The molecule has 0 aliphatic carbocycles. The molecule has 0 aromatic rings. The molecule has 5 heteroatoms. The summed E-state index contributed by atoms with van der Waals surface area (Å²) in [6.07, 6.45) is 3.97. The highest BCUT2D eigenvalue weighted by molar-refractivity contribution is 14.1. The Morgan fingerprint density at radius 3 is 2.40 bits per heavy atom. The number of hydrogen-bond donors (Lipinski definition) is 1. The first-order valence-corrected chi connectivity index (χ1v) is 8.69. The van der Waals surface area contributed by atoms with Crippen molar-refractivity contribution < 1.29 is 8.42 Å². The highest BCUT2D eigenvalue weighted by Crippen LogP contribution is 2.02. The van der Waals surface area contributed by atoms with Gasteiger partial charge in [0.2, 0.25) is 10.0 Å². The molecule has 0 heterocycles. The van der Waals surface area contributed by atoms with Crippen molar-refractivity contribution >= 4 is 32.6 Å². The third-order valence-corrected chi connectivity index (χ3v) is 4.28. The van der Waals surface area contributed by atoms with Crippen molar-refractivity contribution in [2.24, 2.45) is 5.92 Å². The summed E-state index contributed by atoms with van der Waals surface area (Å²) in [6, 6.07) is 0. The maximum absolute atomic E-state index is 11.5. The zero-order chi connectivity index (χ0) is 11.7. The van der Waals surface area contributed by atoms with Crippen molar-refractivity contribution in [1.82, 2.24) is 4.72 Å². The quantitative estimate of drug-likeness (QED) is 0.396. The molecule has 92 valence electrons. The van der Waals surface area contributed by atoms with Gasteiger partial charge in [0, 0.05) is 6.54 Å². The van der Waals surface area contributed by atoms with Crippen LogP contribution in [0.5, 0.6) is 0 Å². The molecule has 15 heavy (non-hydrogen) atoms. The minimum absolute atomic E-state index is 0.261. The fraction of sp³-hybridized carbons (Fsp3) is 1.00. The van der Waals surface area contributed by atoms with E-state index in [1.54, 1.807) is 0 Å². The average Bonchev–Trinajstić information content (AvgIpc) is 2.15. The molecule has 0 aliphatic heterocycles. The first-order valence-electron chi connectivity index (χ1n) is 5.51. The summed E-state index contributed by atoms with van der Waals surface area (Å²) in [4.78, 5) is 0. The van der Waals surface area contributed by atoms with Gasteiger partial charge in [0.15, 0.2) is 0 Å². The molecule has 0 fully saturated rings. The van der Waals surface area contributed by atoms with Crippen molar-refractivity contribution in [1.29, 1.82) is 0 Å². The predicted octanol–water partition coefficient (Wildman–Crippen LogP) is 2.56. The Labute approximate surface area is 108 Å². The number of hydrogen-bond acceptors (Lipinski definition) is 2. The molecule has 1 N–H and O–H groups in total. The summed E-state index contributed by atoms with van der Waals surface area (Å²) in [5.74, 6) is 0.706. The van der Waals surface area contributed by atoms with Gasteiger partial charge in [-0.3, -0.25) is 0 Å². The monoisotopic (exact) mass is 347 g/mol. The number of sulfonamides is 1. The molecule has 0 aromatic carbocycles. The summed E-state index contributed by atoms with van der Waals surface area (Å²) in [5.41, 5.74) is 0. The Kier molecular flexibility index (Phi) is 9.13. The van der Waals surface area contributed by atoms with E-state index < -0.39 is 10.0 Å². The van der Waals surface area contributed by atoms with Crippen LogP contribution >= 0.6 is 22.6 Å². The molecular weight excluding hydrogens is 325 g/mol. The van der Waals surface area contributed by atoms with Gasteiger partial charge in [-0.15, -0.1) is 0 Å². The lowest BCUT2D eigenvalue weighted by Crippen LogP contribution is -2.27. The topological polar surface area (TPSA) is 46.2 Å². The molecule has 0 spiro atoms. The summed E-state index contributed by atoms with van der Waals surface area (Å²) < 4.78 is 26.7. The number of alkyl halides is 1. The van der Waals surface area contributed by atoms with Gasteiger partial charge in [-0.1, -0.05) is 42.9 Å². The van der Waals surface area contributed by atoms with Crippen molar-refractivity contribution in [3.63, 3.8) is 0 Å². The SMILES string of the molecule is CC(C)CCS(=O)(=O)NCCCCCI. The van der Waals surface area contributed by atoms with Crippen LogP contribution in [0.25, 0.3) is 0 Å². The van der Waals surface area contributed by atoms with Gasteiger partial charge in [0.05, 0.1) is 5.75 Å². The van der Waals surface area contributed by atoms with Crippen LogP contribution < -0.4 is 4.72 Å². The molecule has 0 radical (unpaired) electrons. The van der Waals surface area contributed by atoms with Gasteiger partial charge in [-0.2, -0.15) is 0 Å². The average molecular weight is 347 g/mol. The lowest BCUT2D eigenvalue weighted by Gasteiger charge is -2.07. The fourth-order valence-electron chi connectivity index (χ4n) is 1.09. The normalized spacial score (nSPS) is 12.3. The van der Waals surface area contributed by atoms with Crippen molar-refractivity contribution in [3.05, 3.63) is 0 Å². The van der Waals surface area contributed by atoms with E-state index in [0.717, 1.165) is 23.7 Å². The third kappa shape index (κ3) is 10.9. The zero-order valence-corrected chi connectivity index (χ0v) is 12.6. The van der Waals surface area contributed by atoms with E-state index in [1.807, 2.05) is 13.8 Å². The standard InChI is InChI=1S/C10H22INO2S/c1-10(2)6-9-15(13,14)12-8-5-3-4-7-11/h10,12H,3-9H2,1-2H3. The number of rotatable bonds is 9. The van der Waals surface area contributed by atoms with Crippen LogP contribution in [0.2, 0.25) is 0 Å². The first kappa shape index (κ1) is 15.6. The molecule has 0 bridgehead atoms. The molecular formula is C10H22INO2S. The van der Waals surface area contributed by atoms with Crippen LogP contribution in [-0.2, 0) is 10.0 Å². The summed E-state index contributed by atoms with van der Waals surface area (Å²) in [7, 11) is -3.02. The Morgan fingerprint density at radius 1 is 1.20 bits per heavy atom. The molecule has 0 saturated heterocycles. The van der Waals surface area contributed by atoms with Gasteiger partial charge in [0.1, 0.15) is 0 Å². The van der Waals surface area contributed by atoms with Gasteiger partial charge in [-0.05, 0) is 29.6 Å². The summed E-state index contributed by atoms with van der Waals surface area (Å²) in [5, 5.41) is 0. The van der Waals surface area contributed by atoms with E-state index in [1.165, 1.54) is 6.42 Å². The zero-order valence-electron chi connectivity index (χ0n) is 9.63. The van der Waals surface area contributed by atoms with Crippen molar-refractivity contribution in [2.45, 2.75) is 39.5 Å². The van der Waals surface area contributed by atoms with Gasteiger partial charge in [0.25, 0.3) is 0 Å². The Balaban J connectivity index is 3.56. The van der Waals surface area contributed by atoms with E-state index >= 15 is 0 Å². The predicted molar refractivity (Wildman–Crippen MR) is 74.0 cm³/mol. The Morgan fingerprint density at radius 2 is 1.87 bits per heavy atom. The van der Waals surface area contributed by atoms with E-state index in [2.05, 4.69) is 27.3 Å². The number of unbranched alkanes of at least 4 members (excludes halogenated alkanes) is 2. The fourth-order valence-corrected chi connectivity index (χ4v) is 3.01. The molecule has 0 rings (SSSR count). The van der Waals surface area contributed by atoms with Crippen LogP contribution in [0.4, 0.5) is 0 Å². The number of nitrogens with one attached hydrogen (secondary N) is 1. The smallest absolute Gasteiger partial charge is 0.211 e. The second-order valence-corrected chi connectivity index (χ2v) is 7.15. The minimum Gasteiger partial charge on any atom is -0.215 e. The maximum atomic E-state index is 11.5. The molecule has 0 aliphatic rings. The largest absolute Gasteiger partial charge is 0.215 e. The number of halogens is 1. The van der Waals surface area contributed by atoms with Gasteiger partial charge >= 0.3 is 0 Å². The molecule has 3 nitrogen and oxygen atoms in total. The van der Waals surface area contributed by atoms with E-state index in [4.69, 9.17) is 0 Å². The Hall–Kier alpha value is 0.640. The van der Waals surface area contributed by atoms with Crippen LogP contribution in [0.3, 0.4) is 0 Å². The van der Waals surface area contributed by atoms with E-state index in [-0.39, 0.29) is 5.75 Å². The van der Waals surface area contributed by atoms with Crippen LogP contribution in [-0.4, -0.2) is 25.1 Å². The second kappa shape index (κ2) is 8.75. The lowest BCUT2D eigenvalue weighted by atomic mass is 10.2. The van der Waals surface area contributed by atoms with Crippen molar-refractivity contribution in [2.75, 3.05) is 16.7 Å². The van der Waals surface area contributed by atoms with E-state index in [0.29, 0.717) is 12.5 Å².